The molecule has 0 aromatic carbocycles. The van der Waals surface area contributed by atoms with E-state index in [4.69, 9.17) is 24.8 Å². The van der Waals surface area contributed by atoms with E-state index in [1.165, 1.54) is 96.3 Å². The fourth-order valence-electron chi connectivity index (χ4n) is 6.16. The number of unbranched alkanes of at least 4 members (excludes halogenated alkanes) is 22. The van der Waals surface area contributed by atoms with Crippen LogP contribution in [0.5, 0.6) is 0 Å². The van der Waals surface area contributed by atoms with Gasteiger partial charge in [-0.2, -0.15) is 0 Å². The lowest BCUT2D eigenvalue weighted by molar-refractivity contribution is -0.161. The maximum Gasteiger partial charge on any atom is 0.472 e. The van der Waals surface area contributed by atoms with Gasteiger partial charge in [-0.1, -0.05) is 153 Å². The minimum atomic E-state index is -4.74. The van der Waals surface area contributed by atoms with Crippen LogP contribution in [-0.2, 0) is 42.3 Å². The molecule has 4 N–H and O–H groups in total. The first-order valence-electron chi connectivity index (χ1n) is 23.0. The summed E-state index contributed by atoms with van der Waals surface area (Å²) in [5, 5.41) is 8.89. The normalized spacial score (nSPS) is 13.9. The van der Waals surface area contributed by atoms with Crippen LogP contribution in [0.2, 0.25) is 0 Å². The van der Waals surface area contributed by atoms with E-state index in [0.717, 1.165) is 57.8 Å². The van der Waals surface area contributed by atoms with Crippen molar-refractivity contribution in [3.63, 3.8) is 0 Å². The van der Waals surface area contributed by atoms with E-state index in [9.17, 15) is 28.6 Å². The molecule has 0 aliphatic rings. The van der Waals surface area contributed by atoms with Gasteiger partial charge in [0, 0.05) is 19.3 Å². The maximum atomic E-state index is 12.6. The lowest BCUT2D eigenvalue weighted by Crippen LogP contribution is -2.34. The molecule has 13 heteroatoms. The van der Waals surface area contributed by atoms with Crippen molar-refractivity contribution >= 4 is 31.5 Å². The molecule has 0 heterocycles. The number of nitrogens with two attached hydrogens (primary N) is 1. The summed E-state index contributed by atoms with van der Waals surface area (Å²) in [5.74, 6) is -2.38. The number of phosphoric acid groups is 1. The molecule has 0 saturated heterocycles. The Hall–Kier alpha value is -2.63. The van der Waals surface area contributed by atoms with Gasteiger partial charge in [-0.3, -0.25) is 28.2 Å². The van der Waals surface area contributed by atoms with Gasteiger partial charge in [0.1, 0.15) is 12.6 Å². The Bertz CT molecular complexity index is 1210. The molecule has 0 amide bonds. The van der Waals surface area contributed by atoms with Gasteiger partial charge >= 0.3 is 25.7 Å². The van der Waals surface area contributed by atoms with E-state index >= 15 is 0 Å². The molecule has 1 unspecified atom stereocenters. The number of aliphatic carboxylic acids is 1. The fourth-order valence-corrected chi connectivity index (χ4v) is 6.94. The zero-order valence-corrected chi connectivity index (χ0v) is 37.7. The molecule has 0 radical (unpaired) electrons. The van der Waals surface area contributed by atoms with Gasteiger partial charge in [0.05, 0.1) is 13.2 Å². The average molecular weight is 856 g/mol. The van der Waals surface area contributed by atoms with Crippen molar-refractivity contribution in [1.82, 2.24) is 0 Å². The van der Waals surface area contributed by atoms with Crippen molar-refractivity contribution in [2.45, 2.75) is 212 Å². The highest BCUT2D eigenvalue weighted by atomic mass is 31.2. The van der Waals surface area contributed by atoms with Gasteiger partial charge in [0.2, 0.25) is 0 Å². The number of ether oxygens (including phenoxy) is 2. The monoisotopic (exact) mass is 856 g/mol. The molecule has 0 aromatic heterocycles. The second-order valence-corrected chi connectivity index (χ2v) is 17.0. The Kier molecular flexibility index (Phi) is 38.9. The predicted octanol–water partition coefficient (Wildman–Crippen LogP) is 11.6. The molecular formula is C46H82NO11P. The first kappa shape index (κ1) is 56.4. The Labute approximate surface area is 357 Å². The number of rotatable bonds is 43. The summed E-state index contributed by atoms with van der Waals surface area (Å²) in [5.41, 5.74) is 5.33. The van der Waals surface area contributed by atoms with E-state index in [-0.39, 0.29) is 18.6 Å². The van der Waals surface area contributed by atoms with Crippen LogP contribution in [0.1, 0.15) is 200 Å². The minimum Gasteiger partial charge on any atom is -0.480 e. The average Bonchev–Trinajstić information content (AvgIpc) is 3.21. The summed E-state index contributed by atoms with van der Waals surface area (Å²) in [7, 11) is -4.74. The molecule has 342 valence electrons. The lowest BCUT2D eigenvalue weighted by atomic mass is 10.1. The summed E-state index contributed by atoms with van der Waals surface area (Å²) in [6.45, 7) is 2.64. The third kappa shape index (κ3) is 40.5. The molecular weight excluding hydrogens is 773 g/mol. The van der Waals surface area contributed by atoms with E-state index in [2.05, 4.69) is 36.6 Å². The molecule has 0 bridgehead atoms. The smallest absolute Gasteiger partial charge is 0.472 e. The number of carbonyl (C=O) groups excluding carboxylic acids is 3. The van der Waals surface area contributed by atoms with Gasteiger partial charge in [0.15, 0.2) is 11.9 Å². The zero-order valence-electron chi connectivity index (χ0n) is 36.8. The zero-order chi connectivity index (χ0) is 43.7. The van der Waals surface area contributed by atoms with Crippen molar-refractivity contribution in [3.8, 4) is 0 Å². The van der Waals surface area contributed by atoms with E-state index in [1.54, 1.807) is 12.2 Å². The summed E-state index contributed by atoms with van der Waals surface area (Å²) in [6, 6.07) is -1.54. The van der Waals surface area contributed by atoms with Crippen LogP contribution in [-0.4, -0.2) is 65.7 Å². The molecule has 0 spiro atoms. The summed E-state index contributed by atoms with van der Waals surface area (Å²) < 4.78 is 32.7. The molecule has 12 nitrogen and oxygen atoms in total. The van der Waals surface area contributed by atoms with Crippen LogP contribution in [0.4, 0.5) is 0 Å². The predicted molar refractivity (Wildman–Crippen MR) is 236 cm³/mol. The van der Waals surface area contributed by atoms with E-state index in [1.807, 2.05) is 6.08 Å². The van der Waals surface area contributed by atoms with Crippen LogP contribution in [0.15, 0.2) is 36.5 Å². The number of phosphoric ester groups is 1. The molecule has 59 heavy (non-hydrogen) atoms. The van der Waals surface area contributed by atoms with Crippen molar-refractivity contribution in [2.75, 3.05) is 19.8 Å². The van der Waals surface area contributed by atoms with Crippen LogP contribution >= 0.6 is 7.82 Å². The van der Waals surface area contributed by atoms with Crippen LogP contribution in [0.3, 0.4) is 0 Å². The summed E-state index contributed by atoms with van der Waals surface area (Å²) >= 11 is 0. The number of hydrogen-bond donors (Lipinski definition) is 3. The second-order valence-electron chi connectivity index (χ2n) is 15.6. The fraction of sp³-hybridized carbons (Fsp3) is 0.783. The van der Waals surface area contributed by atoms with Crippen molar-refractivity contribution in [2.24, 2.45) is 5.73 Å². The molecule has 0 rings (SSSR count). The highest BCUT2D eigenvalue weighted by molar-refractivity contribution is 7.47. The third-order valence-corrected chi connectivity index (χ3v) is 10.8. The molecule has 0 aliphatic carbocycles. The summed E-state index contributed by atoms with van der Waals surface area (Å²) in [6.07, 6.45) is 40.3. The third-order valence-electron chi connectivity index (χ3n) is 9.84. The Morgan fingerprint density at radius 2 is 1.00 bits per heavy atom. The molecule has 3 atom stereocenters. The van der Waals surface area contributed by atoms with Crippen molar-refractivity contribution < 1.29 is 52.3 Å². The van der Waals surface area contributed by atoms with E-state index in [0.29, 0.717) is 19.3 Å². The first-order valence-corrected chi connectivity index (χ1v) is 24.5. The Balaban J connectivity index is 4.39. The first-order chi connectivity index (χ1) is 28.5. The van der Waals surface area contributed by atoms with Crippen LogP contribution < -0.4 is 5.73 Å². The molecule has 0 fully saturated rings. The standard InChI is InChI=1S/C46H82NO11P/c1-3-5-7-9-11-12-13-14-15-16-17-18-19-20-21-22-24-28-33-37-45(50)58-42(39-56-59(53,54)57-40-43(47)46(51)52)38-55-44(49)36-32-29-25-27-31-35-41(48)34-30-26-23-10-8-6-4-2/h14-15,23,26,30,34,42-43H,3-13,16-22,24-25,27-29,31-33,35-40,47H2,1-2H3,(H,51,52)(H,53,54)/b15-14-,26-23-,34-30+/t42-,43+/m1/s1. The number of carbonyl (C=O) groups is 4. The molecule has 0 saturated carbocycles. The number of carboxylic acid groups (broad SMARTS) is 1. The van der Waals surface area contributed by atoms with Gasteiger partial charge in [-0.15, -0.1) is 0 Å². The number of carboxylic acids is 1. The highest BCUT2D eigenvalue weighted by Gasteiger charge is 2.28. The SMILES string of the molecule is CCCCC/C=C\C=C\C(=O)CCCCCCCC(=O)OC[C@H](COP(=O)(O)OC[C@H](N)C(=O)O)OC(=O)CCCCCCCCCCC/C=C\CCCCCCCC. The minimum absolute atomic E-state index is 0.100. The van der Waals surface area contributed by atoms with Crippen molar-refractivity contribution in [1.29, 1.82) is 0 Å². The van der Waals surface area contributed by atoms with Crippen LogP contribution in [0, 0.1) is 0 Å². The highest BCUT2D eigenvalue weighted by Crippen LogP contribution is 2.43. The number of esters is 2. The summed E-state index contributed by atoms with van der Waals surface area (Å²) in [4.78, 5) is 58.0. The van der Waals surface area contributed by atoms with Gasteiger partial charge < -0.3 is 25.2 Å². The van der Waals surface area contributed by atoms with E-state index < -0.39 is 57.7 Å². The number of ketones is 1. The molecule has 0 aliphatic heterocycles. The quantitative estimate of drug-likeness (QED) is 0.0132. The number of hydrogen-bond acceptors (Lipinski definition) is 10. The number of allylic oxidation sites excluding steroid dienone is 6. The topological polar surface area (TPSA) is 189 Å². The van der Waals surface area contributed by atoms with Gasteiger partial charge in [-0.25, -0.2) is 4.57 Å². The van der Waals surface area contributed by atoms with Gasteiger partial charge in [0.25, 0.3) is 0 Å². The Morgan fingerprint density at radius 1 is 0.559 bits per heavy atom. The lowest BCUT2D eigenvalue weighted by Gasteiger charge is -2.20. The maximum absolute atomic E-state index is 12.6. The molecule has 0 aromatic rings. The largest absolute Gasteiger partial charge is 0.480 e. The second kappa shape index (κ2) is 40.8. The van der Waals surface area contributed by atoms with Gasteiger partial charge in [-0.05, 0) is 63.9 Å². The Morgan fingerprint density at radius 3 is 1.56 bits per heavy atom. The van der Waals surface area contributed by atoms with Crippen molar-refractivity contribution in [3.05, 3.63) is 36.5 Å². The van der Waals surface area contributed by atoms with Crippen LogP contribution in [0.25, 0.3) is 0 Å².